The molecule has 0 aromatic heterocycles. The van der Waals surface area contributed by atoms with Crippen LogP contribution in [0.15, 0.2) is 24.3 Å². The molecular weight excluding hydrogens is 296 g/mol. The molecule has 1 aromatic carbocycles. The van der Waals surface area contributed by atoms with Gasteiger partial charge in [-0.05, 0) is 55.8 Å². The fourth-order valence-corrected chi connectivity index (χ4v) is 4.42. The van der Waals surface area contributed by atoms with Crippen molar-refractivity contribution in [2.45, 2.75) is 56.4 Å². The van der Waals surface area contributed by atoms with Crippen molar-refractivity contribution in [2.24, 2.45) is 11.7 Å². The van der Waals surface area contributed by atoms with Crippen molar-refractivity contribution in [1.29, 1.82) is 0 Å². The molecule has 3 rings (SSSR count). The number of halogens is 1. The van der Waals surface area contributed by atoms with Crippen LogP contribution in [-0.4, -0.2) is 18.5 Å². The molecule has 22 heavy (non-hydrogen) atoms. The second-order valence-corrected chi connectivity index (χ2v) is 7.24. The van der Waals surface area contributed by atoms with E-state index in [1.54, 1.807) is 0 Å². The molecule has 120 valence electrons. The summed E-state index contributed by atoms with van der Waals surface area (Å²) in [6, 6.07) is 8.07. The predicted octanol–water partition coefficient (Wildman–Crippen LogP) is 3.40. The normalized spacial score (nSPS) is 27.0. The SMILES string of the molecule is NCC1CCCC1NC(=O)C1(c2cccc(Cl)c2)CCCC1. The zero-order chi connectivity index (χ0) is 15.6. The van der Waals surface area contributed by atoms with Crippen LogP contribution in [0.25, 0.3) is 0 Å². The molecule has 0 spiro atoms. The number of nitrogens with two attached hydrogens (primary N) is 1. The summed E-state index contributed by atoms with van der Waals surface area (Å²) >= 11 is 6.16. The predicted molar refractivity (Wildman–Crippen MR) is 89.9 cm³/mol. The van der Waals surface area contributed by atoms with E-state index in [0.29, 0.717) is 17.5 Å². The maximum Gasteiger partial charge on any atom is 0.230 e. The minimum Gasteiger partial charge on any atom is -0.352 e. The van der Waals surface area contributed by atoms with E-state index < -0.39 is 5.41 Å². The van der Waals surface area contributed by atoms with Gasteiger partial charge in [0, 0.05) is 11.1 Å². The van der Waals surface area contributed by atoms with Gasteiger partial charge in [-0.3, -0.25) is 4.79 Å². The molecule has 1 aromatic rings. The van der Waals surface area contributed by atoms with Crippen LogP contribution in [0.3, 0.4) is 0 Å². The molecule has 3 nitrogen and oxygen atoms in total. The van der Waals surface area contributed by atoms with E-state index in [9.17, 15) is 4.79 Å². The Morgan fingerprint density at radius 1 is 1.27 bits per heavy atom. The first-order valence-electron chi connectivity index (χ1n) is 8.43. The maximum atomic E-state index is 13.1. The molecule has 2 saturated carbocycles. The molecular formula is C18H25ClN2O. The summed E-state index contributed by atoms with van der Waals surface area (Å²) in [4.78, 5) is 13.1. The standard InChI is InChI=1S/C18H25ClN2O/c19-15-7-4-6-14(11-15)18(9-1-2-10-18)17(22)21-16-8-3-5-13(16)12-20/h4,6-7,11,13,16H,1-3,5,8-10,12,20H2,(H,21,22). The van der Waals surface area contributed by atoms with Gasteiger partial charge in [-0.2, -0.15) is 0 Å². The van der Waals surface area contributed by atoms with Gasteiger partial charge in [-0.25, -0.2) is 0 Å². The van der Waals surface area contributed by atoms with Crippen LogP contribution in [0.4, 0.5) is 0 Å². The number of amides is 1. The van der Waals surface area contributed by atoms with Crippen LogP contribution in [0.2, 0.25) is 5.02 Å². The number of carbonyl (C=O) groups is 1. The zero-order valence-electron chi connectivity index (χ0n) is 13.0. The Morgan fingerprint density at radius 3 is 2.73 bits per heavy atom. The Kier molecular flexibility index (Phi) is 4.74. The molecule has 1 amide bonds. The number of hydrogen-bond acceptors (Lipinski definition) is 2. The first-order chi connectivity index (χ1) is 10.7. The van der Waals surface area contributed by atoms with E-state index in [1.807, 2.05) is 24.3 Å². The molecule has 0 heterocycles. The summed E-state index contributed by atoms with van der Waals surface area (Å²) < 4.78 is 0. The lowest BCUT2D eigenvalue weighted by Crippen LogP contribution is -2.49. The lowest BCUT2D eigenvalue weighted by atomic mass is 9.77. The van der Waals surface area contributed by atoms with Crippen molar-refractivity contribution in [3.8, 4) is 0 Å². The number of rotatable bonds is 4. The van der Waals surface area contributed by atoms with Crippen molar-refractivity contribution in [3.05, 3.63) is 34.9 Å². The van der Waals surface area contributed by atoms with Gasteiger partial charge in [0.2, 0.25) is 5.91 Å². The number of hydrogen-bond donors (Lipinski definition) is 2. The molecule has 2 aliphatic rings. The Morgan fingerprint density at radius 2 is 2.05 bits per heavy atom. The van der Waals surface area contributed by atoms with E-state index in [4.69, 9.17) is 17.3 Å². The second-order valence-electron chi connectivity index (χ2n) is 6.81. The van der Waals surface area contributed by atoms with Gasteiger partial charge >= 0.3 is 0 Å². The third-order valence-corrected chi connectivity index (χ3v) is 5.78. The van der Waals surface area contributed by atoms with Crippen LogP contribution < -0.4 is 11.1 Å². The third kappa shape index (κ3) is 2.89. The molecule has 2 fully saturated rings. The molecule has 3 N–H and O–H groups in total. The molecule has 0 bridgehead atoms. The molecule has 0 aliphatic heterocycles. The highest BCUT2D eigenvalue weighted by molar-refractivity contribution is 6.30. The summed E-state index contributed by atoms with van der Waals surface area (Å²) in [6.45, 7) is 0.662. The molecule has 0 radical (unpaired) electrons. The molecule has 4 heteroatoms. The van der Waals surface area contributed by atoms with Crippen LogP contribution in [0.5, 0.6) is 0 Å². The fraction of sp³-hybridized carbons (Fsp3) is 0.611. The Labute approximate surface area is 137 Å². The van der Waals surface area contributed by atoms with Gasteiger partial charge in [-0.1, -0.05) is 43.0 Å². The van der Waals surface area contributed by atoms with E-state index >= 15 is 0 Å². The van der Waals surface area contributed by atoms with E-state index in [0.717, 1.165) is 50.5 Å². The van der Waals surface area contributed by atoms with Gasteiger partial charge < -0.3 is 11.1 Å². The van der Waals surface area contributed by atoms with Crippen molar-refractivity contribution in [1.82, 2.24) is 5.32 Å². The second kappa shape index (κ2) is 6.59. The topological polar surface area (TPSA) is 55.1 Å². The maximum absolute atomic E-state index is 13.1. The average molecular weight is 321 g/mol. The number of carbonyl (C=O) groups excluding carboxylic acids is 1. The first kappa shape index (κ1) is 15.8. The van der Waals surface area contributed by atoms with Gasteiger partial charge in [0.05, 0.1) is 5.41 Å². The molecule has 2 unspecified atom stereocenters. The number of nitrogens with one attached hydrogen (secondary N) is 1. The van der Waals surface area contributed by atoms with Crippen molar-refractivity contribution >= 4 is 17.5 Å². The van der Waals surface area contributed by atoms with Crippen LogP contribution in [0, 0.1) is 5.92 Å². The molecule has 2 aliphatic carbocycles. The zero-order valence-corrected chi connectivity index (χ0v) is 13.7. The van der Waals surface area contributed by atoms with Crippen LogP contribution in [0.1, 0.15) is 50.5 Å². The van der Waals surface area contributed by atoms with E-state index in [-0.39, 0.29) is 11.9 Å². The largest absolute Gasteiger partial charge is 0.352 e. The summed E-state index contributed by atoms with van der Waals surface area (Å²) in [6.07, 6.45) is 7.38. The smallest absolute Gasteiger partial charge is 0.230 e. The summed E-state index contributed by atoms with van der Waals surface area (Å²) in [7, 11) is 0. The van der Waals surface area contributed by atoms with Crippen LogP contribution >= 0.6 is 11.6 Å². The summed E-state index contributed by atoms with van der Waals surface area (Å²) in [5.41, 5.74) is 6.52. The number of benzene rings is 1. The monoisotopic (exact) mass is 320 g/mol. The Bertz CT molecular complexity index is 540. The Hall–Kier alpha value is -1.06. The van der Waals surface area contributed by atoms with Crippen molar-refractivity contribution in [3.63, 3.8) is 0 Å². The van der Waals surface area contributed by atoms with Crippen molar-refractivity contribution < 1.29 is 4.79 Å². The lowest BCUT2D eigenvalue weighted by molar-refractivity contribution is -0.127. The first-order valence-corrected chi connectivity index (χ1v) is 8.80. The van der Waals surface area contributed by atoms with Gasteiger partial charge in [0.1, 0.15) is 0 Å². The summed E-state index contributed by atoms with van der Waals surface area (Å²) in [5, 5.41) is 4.02. The highest BCUT2D eigenvalue weighted by atomic mass is 35.5. The minimum absolute atomic E-state index is 0.178. The van der Waals surface area contributed by atoms with Gasteiger partial charge in [0.25, 0.3) is 0 Å². The molecule has 2 atom stereocenters. The summed E-state index contributed by atoms with van der Waals surface area (Å²) in [5.74, 6) is 0.611. The van der Waals surface area contributed by atoms with Gasteiger partial charge in [-0.15, -0.1) is 0 Å². The lowest BCUT2D eigenvalue weighted by Gasteiger charge is -2.31. The average Bonchev–Trinajstić information content (AvgIpc) is 3.16. The Balaban J connectivity index is 1.83. The highest BCUT2D eigenvalue weighted by Crippen LogP contribution is 2.42. The van der Waals surface area contributed by atoms with Crippen molar-refractivity contribution in [2.75, 3.05) is 6.54 Å². The quantitative estimate of drug-likeness (QED) is 0.893. The van der Waals surface area contributed by atoms with E-state index in [1.165, 1.54) is 0 Å². The van der Waals surface area contributed by atoms with Crippen LogP contribution in [-0.2, 0) is 10.2 Å². The van der Waals surface area contributed by atoms with Gasteiger partial charge in [0.15, 0.2) is 0 Å². The highest BCUT2D eigenvalue weighted by Gasteiger charge is 2.44. The fourth-order valence-electron chi connectivity index (χ4n) is 4.23. The third-order valence-electron chi connectivity index (χ3n) is 5.55. The van der Waals surface area contributed by atoms with E-state index in [2.05, 4.69) is 5.32 Å². The minimum atomic E-state index is -0.396. The molecule has 0 saturated heterocycles.